The number of esters is 1. The molecule has 0 bridgehead atoms. The highest BCUT2D eigenvalue weighted by atomic mass is 32.3. The summed E-state index contributed by atoms with van der Waals surface area (Å²) in [6.07, 6.45) is 47.9. The van der Waals surface area contributed by atoms with Crippen molar-refractivity contribution in [3.05, 3.63) is 24.3 Å². The molecule has 0 aromatic rings. The van der Waals surface area contributed by atoms with E-state index < -0.39 is 59.8 Å². The van der Waals surface area contributed by atoms with Gasteiger partial charge in [0.2, 0.25) is 0 Å². The van der Waals surface area contributed by atoms with Crippen LogP contribution in [0.25, 0.3) is 0 Å². The van der Waals surface area contributed by atoms with Gasteiger partial charge in [-0.3, -0.25) is 9.35 Å². The molecule has 0 radical (unpaired) electrons. The van der Waals surface area contributed by atoms with Crippen LogP contribution < -0.4 is 0 Å². The van der Waals surface area contributed by atoms with E-state index in [0.717, 1.165) is 44.9 Å². The Morgan fingerprint density at radius 3 is 1.38 bits per heavy atom. The van der Waals surface area contributed by atoms with Crippen LogP contribution in [0.4, 0.5) is 0 Å². The molecule has 408 valence electrons. The lowest BCUT2D eigenvalue weighted by molar-refractivity contribution is -0.301. The van der Waals surface area contributed by atoms with Crippen molar-refractivity contribution in [1.82, 2.24) is 0 Å². The Labute approximate surface area is 422 Å². The molecule has 1 aliphatic rings. The van der Waals surface area contributed by atoms with E-state index in [1.54, 1.807) is 0 Å². The van der Waals surface area contributed by atoms with Gasteiger partial charge in [-0.1, -0.05) is 237 Å². The van der Waals surface area contributed by atoms with Crippen LogP contribution in [-0.4, -0.2) is 97.5 Å². The van der Waals surface area contributed by atoms with Crippen molar-refractivity contribution >= 4 is 16.4 Å². The summed E-state index contributed by atoms with van der Waals surface area (Å²) in [7, 11) is -5.06. The standard InChI is InChI=1S/C56H106O12S/c1-3-5-7-9-11-13-15-17-19-21-22-23-24-25-26-27-28-29-30-32-34-36-38-40-42-44-46-64-48-50(49-65-56-54(60)55(68-69(61,62)63)53(59)51(47-57)67-56)66-52(58)45-43-41-39-37-35-33-31-20-18-16-14-12-10-8-6-4-2/h15,17,21-22,50-51,53-57,59-60H,3-14,16,18-20,23-49H2,1-2H3,(H,61,62,63)/b17-15-,22-21-. The molecule has 0 aromatic heterocycles. The second kappa shape index (κ2) is 47.6. The molecule has 0 aliphatic carbocycles. The van der Waals surface area contributed by atoms with Gasteiger partial charge in [-0.25, -0.2) is 4.18 Å². The van der Waals surface area contributed by atoms with Crippen LogP contribution >= 0.6 is 0 Å². The first-order chi connectivity index (χ1) is 33.6. The first-order valence-electron chi connectivity index (χ1n) is 28.6. The average molecular weight is 1000 g/mol. The van der Waals surface area contributed by atoms with Gasteiger partial charge in [0.1, 0.15) is 30.5 Å². The molecule has 0 spiro atoms. The van der Waals surface area contributed by atoms with E-state index in [1.807, 2.05) is 0 Å². The van der Waals surface area contributed by atoms with Gasteiger partial charge in [0.15, 0.2) is 6.29 Å². The van der Waals surface area contributed by atoms with Gasteiger partial charge in [-0.2, -0.15) is 8.42 Å². The summed E-state index contributed by atoms with van der Waals surface area (Å²) in [5.41, 5.74) is 0. The molecule has 12 nitrogen and oxygen atoms in total. The van der Waals surface area contributed by atoms with E-state index in [-0.39, 0.29) is 19.6 Å². The number of hydrogen-bond donors (Lipinski definition) is 4. The zero-order chi connectivity index (χ0) is 50.3. The summed E-state index contributed by atoms with van der Waals surface area (Å²) in [5, 5.41) is 30.8. The normalized spacial score (nSPS) is 19.3. The fraction of sp³-hybridized carbons (Fsp3) is 0.911. The van der Waals surface area contributed by atoms with Crippen molar-refractivity contribution in [2.75, 3.05) is 26.4 Å². The molecule has 4 N–H and O–H groups in total. The van der Waals surface area contributed by atoms with E-state index in [9.17, 15) is 33.1 Å². The third-order valence-electron chi connectivity index (χ3n) is 13.3. The summed E-state index contributed by atoms with van der Waals surface area (Å²) < 4.78 is 59.4. The van der Waals surface area contributed by atoms with Crippen LogP contribution in [0.1, 0.15) is 264 Å². The van der Waals surface area contributed by atoms with Crippen LogP contribution in [0.5, 0.6) is 0 Å². The zero-order valence-electron chi connectivity index (χ0n) is 44.1. The van der Waals surface area contributed by atoms with Crippen molar-refractivity contribution in [2.45, 2.75) is 301 Å². The summed E-state index contributed by atoms with van der Waals surface area (Å²) in [4.78, 5) is 12.9. The summed E-state index contributed by atoms with van der Waals surface area (Å²) in [6.45, 7) is 4.03. The largest absolute Gasteiger partial charge is 0.457 e. The Kier molecular flexibility index (Phi) is 45.2. The number of hydrogen-bond acceptors (Lipinski definition) is 11. The second-order valence-corrected chi connectivity index (χ2v) is 20.9. The minimum atomic E-state index is -5.06. The third kappa shape index (κ3) is 40.7. The molecule has 0 amide bonds. The minimum Gasteiger partial charge on any atom is -0.457 e. The predicted molar refractivity (Wildman–Crippen MR) is 281 cm³/mol. The second-order valence-electron chi connectivity index (χ2n) is 19.9. The van der Waals surface area contributed by atoms with Gasteiger partial charge in [-0.05, 0) is 44.9 Å². The highest BCUT2D eigenvalue weighted by molar-refractivity contribution is 7.80. The lowest BCUT2D eigenvalue weighted by Gasteiger charge is -2.41. The Bertz CT molecular complexity index is 1300. The SMILES string of the molecule is CCCCCCC/C=C\C/C=C\CCCCCCCCCCCCCCCCOCC(COC1OC(CO)C(O)C(OS(=O)(=O)O)C1O)OC(=O)CCCCCCCCCCCCCCCCCC. The maximum atomic E-state index is 12.9. The minimum absolute atomic E-state index is 0.0410. The smallest absolute Gasteiger partial charge is 0.397 e. The summed E-state index contributed by atoms with van der Waals surface area (Å²) in [5.74, 6) is -0.393. The van der Waals surface area contributed by atoms with E-state index >= 15 is 0 Å². The number of aliphatic hydroxyl groups excluding tert-OH is 3. The van der Waals surface area contributed by atoms with Gasteiger partial charge in [-0.15, -0.1) is 0 Å². The highest BCUT2D eigenvalue weighted by Crippen LogP contribution is 2.26. The van der Waals surface area contributed by atoms with Crippen LogP contribution in [0.3, 0.4) is 0 Å². The molecule has 6 atom stereocenters. The Morgan fingerprint density at radius 1 is 0.551 bits per heavy atom. The Balaban J connectivity index is 2.26. The van der Waals surface area contributed by atoms with Crippen LogP contribution in [-0.2, 0) is 38.3 Å². The van der Waals surface area contributed by atoms with Gasteiger partial charge >= 0.3 is 16.4 Å². The van der Waals surface area contributed by atoms with Crippen molar-refractivity contribution in [1.29, 1.82) is 0 Å². The van der Waals surface area contributed by atoms with Crippen LogP contribution in [0.15, 0.2) is 24.3 Å². The topological polar surface area (TPSA) is 178 Å². The highest BCUT2D eigenvalue weighted by Gasteiger charge is 2.48. The Hall–Kier alpha value is -1.42. The molecule has 1 heterocycles. The summed E-state index contributed by atoms with van der Waals surface area (Å²) >= 11 is 0. The van der Waals surface area contributed by atoms with Gasteiger partial charge in [0.25, 0.3) is 0 Å². The monoisotopic (exact) mass is 1000 g/mol. The first-order valence-corrected chi connectivity index (χ1v) is 30.0. The predicted octanol–water partition coefficient (Wildman–Crippen LogP) is 13.9. The molecular formula is C56H106O12S. The molecule has 0 saturated carbocycles. The Morgan fingerprint density at radius 2 is 0.957 bits per heavy atom. The third-order valence-corrected chi connectivity index (χ3v) is 13.8. The van der Waals surface area contributed by atoms with E-state index in [0.29, 0.717) is 13.0 Å². The number of unbranched alkanes of at least 4 members (excludes halogenated alkanes) is 34. The van der Waals surface area contributed by atoms with Crippen molar-refractivity contribution in [3.8, 4) is 0 Å². The maximum absolute atomic E-state index is 12.9. The molecular weight excluding hydrogens is 897 g/mol. The van der Waals surface area contributed by atoms with Gasteiger partial charge < -0.3 is 34.3 Å². The zero-order valence-corrected chi connectivity index (χ0v) is 45.0. The lowest BCUT2D eigenvalue weighted by Crippen LogP contribution is -2.60. The van der Waals surface area contributed by atoms with Crippen molar-refractivity contribution in [2.24, 2.45) is 0 Å². The van der Waals surface area contributed by atoms with Crippen molar-refractivity contribution in [3.63, 3.8) is 0 Å². The molecule has 1 saturated heterocycles. The molecule has 1 fully saturated rings. The maximum Gasteiger partial charge on any atom is 0.397 e. The molecule has 6 unspecified atom stereocenters. The van der Waals surface area contributed by atoms with E-state index in [2.05, 4.69) is 42.3 Å². The number of ether oxygens (including phenoxy) is 4. The first kappa shape index (κ1) is 65.6. The molecule has 1 aliphatic heterocycles. The molecule has 69 heavy (non-hydrogen) atoms. The van der Waals surface area contributed by atoms with Gasteiger partial charge in [0.05, 0.1) is 19.8 Å². The van der Waals surface area contributed by atoms with Crippen LogP contribution in [0, 0.1) is 0 Å². The number of allylic oxidation sites excluding steroid dienone is 4. The fourth-order valence-corrected chi connectivity index (χ4v) is 9.51. The fourth-order valence-electron chi connectivity index (χ4n) is 9.00. The van der Waals surface area contributed by atoms with E-state index in [1.165, 1.54) is 193 Å². The molecule has 1 rings (SSSR count). The summed E-state index contributed by atoms with van der Waals surface area (Å²) in [6, 6.07) is 0. The number of aliphatic hydroxyl groups is 3. The van der Waals surface area contributed by atoms with Crippen molar-refractivity contribution < 1.29 is 56.2 Å². The number of rotatable bonds is 51. The average Bonchev–Trinajstić information content (AvgIpc) is 3.32. The quantitative estimate of drug-likeness (QED) is 0.0196. The van der Waals surface area contributed by atoms with E-state index in [4.69, 9.17) is 18.9 Å². The molecule has 13 heteroatoms. The molecule has 0 aromatic carbocycles. The number of carbonyl (C=O) groups is 1. The van der Waals surface area contributed by atoms with Crippen LogP contribution in [0.2, 0.25) is 0 Å². The van der Waals surface area contributed by atoms with Gasteiger partial charge in [0, 0.05) is 13.0 Å². The number of carbonyl (C=O) groups excluding carboxylic acids is 1. The lowest BCUT2D eigenvalue weighted by atomic mass is 9.99.